The maximum Gasteiger partial charge on any atom is 0.322 e. The first kappa shape index (κ1) is 13.6. The quantitative estimate of drug-likeness (QED) is 0.488. The van der Waals surface area contributed by atoms with Crippen LogP contribution in [0.3, 0.4) is 0 Å². The summed E-state index contributed by atoms with van der Waals surface area (Å²) in [6.07, 6.45) is 0. The largest absolute Gasteiger partial charge is 0.480 e. The minimum Gasteiger partial charge on any atom is -0.480 e. The molecule has 0 aromatic heterocycles. The van der Waals surface area contributed by atoms with E-state index in [1.54, 1.807) is 0 Å². The Bertz CT molecular complexity index is 488. The number of nitro benzene ring substituents is 1. The summed E-state index contributed by atoms with van der Waals surface area (Å²) in [4.78, 5) is 32.1. The number of hydrogen-bond donors (Lipinski definition) is 3. The van der Waals surface area contributed by atoms with Gasteiger partial charge in [-0.1, -0.05) is 12.1 Å². The molecule has 0 fully saturated rings. The third kappa shape index (κ3) is 3.25. The van der Waals surface area contributed by atoms with E-state index < -0.39 is 22.8 Å². The topological polar surface area (TPSA) is 136 Å². The van der Waals surface area contributed by atoms with Gasteiger partial charge < -0.3 is 16.2 Å². The molecule has 8 heteroatoms. The third-order valence-corrected chi connectivity index (χ3v) is 2.15. The van der Waals surface area contributed by atoms with Crippen molar-refractivity contribution in [2.24, 2.45) is 5.73 Å². The standard InChI is InChI=1S/C10H11N3O5/c11-7(10(15)16)5-12-9(14)6-3-1-2-4-8(6)13(17)18/h1-4,7H,5,11H2,(H,12,14)(H,15,16)/t7-/m0/s1. The molecule has 0 saturated carbocycles. The number of para-hydroxylation sites is 1. The molecule has 4 N–H and O–H groups in total. The highest BCUT2D eigenvalue weighted by Gasteiger charge is 2.20. The van der Waals surface area contributed by atoms with Crippen molar-refractivity contribution in [1.29, 1.82) is 0 Å². The molecular weight excluding hydrogens is 242 g/mol. The van der Waals surface area contributed by atoms with Crippen molar-refractivity contribution in [3.8, 4) is 0 Å². The zero-order valence-corrected chi connectivity index (χ0v) is 9.20. The SMILES string of the molecule is N[C@@H](CNC(=O)c1ccccc1[N+](=O)[O-])C(=O)O. The normalized spacial score (nSPS) is 11.6. The summed E-state index contributed by atoms with van der Waals surface area (Å²) in [7, 11) is 0. The van der Waals surface area contributed by atoms with Crippen molar-refractivity contribution < 1.29 is 19.6 Å². The van der Waals surface area contributed by atoms with Gasteiger partial charge in [-0.3, -0.25) is 19.7 Å². The minimum atomic E-state index is -1.27. The molecule has 0 unspecified atom stereocenters. The molecule has 18 heavy (non-hydrogen) atoms. The van der Waals surface area contributed by atoms with Gasteiger partial charge >= 0.3 is 5.97 Å². The number of nitrogens with zero attached hydrogens (tertiary/aromatic N) is 1. The molecular formula is C10H11N3O5. The van der Waals surface area contributed by atoms with Gasteiger partial charge in [-0.15, -0.1) is 0 Å². The summed E-state index contributed by atoms with van der Waals surface area (Å²) < 4.78 is 0. The monoisotopic (exact) mass is 253 g/mol. The number of nitro groups is 1. The van der Waals surface area contributed by atoms with Crippen molar-refractivity contribution in [2.45, 2.75) is 6.04 Å². The van der Waals surface area contributed by atoms with Crippen molar-refractivity contribution in [1.82, 2.24) is 5.32 Å². The van der Waals surface area contributed by atoms with Crippen molar-refractivity contribution in [3.05, 3.63) is 39.9 Å². The lowest BCUT2D eigenvalue weighted by atomic mass is 10.1. The molecule has 1 amide bonds. The highest BCUT2D eigenvalue weighted by atomic mass is 16.6. The fraction of sp³-hybridized carbons (Fsp3) is 0.200. The third-order valence-electron chi connectivity index (χ3n) is 2.15. The number of carbonyl (C=O) groups is 2. The van der Waals surface area contributed by atoms with E-state index >= 15 is 0 Å². The number of carboxylic acids is 1. The van der Waals surface area contributed by atoms with E-state index in [1.165, 1.54) is 24.3 Å². The van der Waals surface area contributed by atoms with Crippen LogP contribution in [0.15, 0.2) is 24.3 Å². The van der Waals surface area contributed by atoms with Gasteiger partial charge in [0.15, 0.2) is 0 Å². The average molecular weight is 253 g/mol. The van der Waals surface area contributed by atoms with E-state index in [2.05, 4.69) is 5.32 Å². The zero-order chi connectivity index (χ0) is 13.7. The van der Waals surface area contributed by atoms with E-state index in [9.17, 15) is 19.7 Å². The Hall–Kier alpha value is -2.48. The molecule has 1 aromatic carbocycles. The lowest BCUT2D eigenvalue weighted by Crippen LogP contribution is -2.42. The van der Waals surface area contributed by atoms with Crippen LogP contribution in [0, 0.1) is 10.1 Å². The fourth-order valence-corrected chi connectivity index (χ4v) is 1.21. The summed E-state index contributed by atoms with van der Waals surface area (Å²) in [5.74, 6) is -2.00. The lowest BCUT2D eigenvalue weighted by molar-refractivity contribution is -0.385. The number of nitrogens with one attached hydrogen (secondary N) is 1. The van der Waals surface area contributed by atoms with Crippen molar-refractivity contribution in [3.63, 3.8) is 0 Å². The van der Waals surface area contributed by atoms with Gasteiger partial charge in [0.25, 0.3) is 11.6 Å². The Morgan fingerprint density at radius 2 is 2.06 bits per heavy atom. The zero-order valence-electron chi connectivity index (χ0n) is 9.20. The number of carboxylic acid groups (broad SMARTS) is 1. The Labute approximate surface area is 102 Å². The molecule has 0 aliphatic carbocycles. The summed E-state index contributed by atoms with van der Waals surface area (Å²) >= 11 is 0. The molecule has 0 aliphatic rings. The number of carbonyl (C=O) groups excluding carboxylic acids is 1. The van der Waals surface area contributed by atoms with Crippen LogP contribution < -0.4 is 11.1 Å². The summed E-state index contributed by atoms with van der Waals surface area (Å²) in [6, 6.07) is 4.11. The predicted octanol–water partition coefficient (Wildman–Crippen LogP) is -0.264. The second kappa shape index (κ2) is 5.73. The second-order valence-corrected chi connectivity index (χ2v) is 3.43. The molecule has 0 spiro atoms. The number of amides is 1. The van der Waals surface area contributed by atoms with Crippen LogP contribution in [0.25, 0.3) is 0 Å². The maximum absolute atomic E-state index is 11.6. The van der Waals surface area contributed by atoms with Gasteiger partial charge in [-0.05, 0) is 6.07 Å². The van der Waals surface area contributed by atoms with E-state index in [1.807, 2.05) is 0 Å². The molecule has 0 saturated heterocycles. The van der Waals surface area contributed by atoms with E-state index in [0.717, 1.165) is 0 Å². The van der Waals surface area contributed by atoms with Gasteiger partial charge in [0.1, 0.15) is 11.6 Å². The first-order chi connectivity index (χ1) is 8.43. The minimum absolute atomic E-state index is 0.139. The van der Waals surface area contributed by atoms with Crippen LogP contribution in [-0.2, 0) is 4.79 Å². The van der Waals surface area contributed by atoms with Crippen LogP contribution in [0.5, 0.6) is 0 Å². The molecule has 1 aromatic rings. The smallest absolute Gasteiger partial charge is 0.322 e. The van der Waals surface area contributed by atoms with Gasteiger partial charge in [-0.25, -0.2) is 0 Å². The number of nitrogens with two attached hydrogens (primary N) is 1. The Morgan fingerprint density at radius 3 is 2.61 bits per heavy atom. The lowest BCUT2D eigenvalue weighted by Gasteiger charge is -2.08. The number of benzene rings is 1. The second-order valence-electron chi connectivity index (χ2n) is 3.43. The van der Waals surface area contributed by atoms with Crippen LogP contribution in [0.2, 0.25) is 0 Å². The molecule has 0 radical (unpaired) electrons. The Morgan fingerprint density at radius 1 is 1.44 bits per heavy atom. The highest BCUT2D eigenvalue weighted by Crippen LogP contribution is 2.17. The molecule has 0 heterocycles. The average Bonchev–Trinajstić information content (AvgIpc) is 2.35. The molecule has 0 bridgehead atoms. The van der Waals surface area contributed by atoms with Gasteiger partial charge in [-0.2, -0.15) is 0 Å². The van der Waals surface area contributed by atoms with Crippen LogP contribution in [-0.4, -0.2) is 34.5 Å². The summed E-state index contributed by atoms with van der Waals surface area (Å²) in [5, 5.41) is 21.4. The molecule has 8 nitrogen and oxygen atoms in total. The molecule has 0 aliphatic heterocycles. The Balaban J connectivity index is 2.79. The summed E-state index contributed by atoms with van der Waals surface area (Å²) in [6.45, 7) is -0.305. The maximum atomic E-state index is 11.6. The van der Waals surface area contributed by atoms with E-state index in [-0.39, 0.29) is 17.8 Å². The fourth-order valence-electron chi connectivity index (χ4n) is 1.21. The molecule has 1 rings (SSSR count). The number of rotatable bonds is 5. The van der Waals surface area contributed by atoms with Gasteiger partial charge in [0.2, 0.25) is 0 Å². The summed E-state index contributed by atoms with van der Waals surface area (Å²) in [5.41, 5.74) is 4.71. The number of aliphatic carboxylic acids is 1. The first-order valence-electron chi connectivity index (χ1n) is 4.93. The molecule has 96 valence electrons. The van der Waals surface area contributed by atoms with Crippen molar-refractivity contribution >= 4 is 17.6 Å². The van der Waals surface area contributed by atoms with Crippen molar-refractivity contribution in [2.75, 3.05) is 6.54 Å². The van der Waals surface area contributed by atoms with E-state index in [4.69, 9.17) is 10.8 Å². The predicted molar refractivity (Wildman–Crippen MR) is 61.0 cm³/mol. The van der Waals surface area contributed by atoms with Crippen LogP contribution in [0.1, 0.15) is 10.4 Å². The van der Waals surface area contributed by atoms with Gasteiger partial charge in [0.05, 0.1) is 4.92 Å². The van der Waals surface area contributed by atoms with Crippen LogP contribution >= 0.6 is 0 Å². The highest BCUT2D eigenvalue weighted by molar-refractivity contribution is 5.98. The number of hydrogen-bond acceptors (Lipinski definition) is 5. The molecule has 1 atom stereocenters. The van der Waals surface area contributed by atoms with Gasteiger partial charge in [0, 0.05) is 12.6 Å². The van der Waals surface area contributed by atoms with E-state index in [0.29, 0.717) is 0 Å². The Kier molecular flexibility index (Phi) is 4.33. The first-order valence-corrected chi connectivity index (χ1v) is 4.93. The van der Waals surface area contributed by atoms with Crippen LogP contribution in [0.4, 0.5) is 5.69 Å².